The Labute approximate surface area is 145 Å². The van der Waals surface area contributed by atoms with Crippen LogP contribution in [0.15, 0.2) is 64.0 Å². The second-order valence-electron chi connectivity index (χ2n) is 5.78. The topological polar surface area (TPSA) is 49.4 Å². The molecule has 0 radical (unpaired) electrons. The van der Waals surface area contributed by atoms with E-state index < -0.39 is 0 Å². The molecular formula is C19H18N2O2S. The van der Waals surface area contributed by atoms with E-state index in [1.807, 2.05) is 62.4 Å². The van der Waals surface area contributed by atoms with Gasteiger partial charge in [-0.05, 0) is 38.1 Å². The third-order valence-electron chi connectivity index (χ3n) is 3.81. The first kappa shape index (κ1) is 16.3. The average Bonchev–Trinajstić information content (AvgIpc) is 2.77. The maximum absolute atomic E-state index is 12.4. The fourth-order valence-corrected chi connectivity index (χ4v) is 3.30. The van der Waals surface area contributed by atoms with Crippen molar-refractivity contribution in [1.82, 2.24) is 4.90 Å². The highest BCUT2D eigenvalue weighted by Crippen LogP contribution is 2.35. The van der Waals surface area contributed by atoms with Crippen molar-refractivity contribution in [2.75, 3.05) is 12.4 Å². The molecule has 1 N–H and O–H groups in total. The van der Waals surface area contributed by atoms with Gasteiger partial charge in [-0.1, -0.05) is 47.2 Å². The molecule has 0 unspecified atom stereocenters. The minimum atomic E-state index is -0.310. The molecule has 1 heterocycles. The van der Waals surface area contributed by atoms with Gasteiger partial charge in [-0.3, -0.25) is 14.5 Å². The van der Waals surface area contributed by atoms with Crippen molar-refractivity contribution >= 4 is 29.3 Å². The van der Waals surface area contributed by atoms with Crippen molar-refractivity contribution < 1.29 is 9.59 Å². The van der Waals surface area contributed by atoms with Crippen LogP contribution >= 0.6 is 11.8 Å². The summed E-state index contributed by atoms with van der Waals surface area (Å²) in [5.74, 6) is -0.588. The number of carbonyl (C=O) groups is 2. The smallest absolute Gasteiger partial charge is 0.278 e. The van der Waals surface area contributed by atoms with E-state index >= 15 is 0 Å². The lowest BCUT2D eigenvalue weighted by atomic mass is 10.2. The van der Waals surface area contributed by atoms with Crippen LogP contribution in [0.25, 0.3) is 0 Å². The van der Waals surface area contributed by atoms with Crippen LogP contribution in [-0.2, 0) is 9.59 Å². The van der Waals surface area contributed by atoms with Gasteiger partial charge in [0, 0.05) is 17.6 Å². The van der Waals surface area contributed by atoms with Crippen molar-refractivity contribution in [2.45, 2.75) is 18.7 Å². The molecule has 1 aliphatic rings. The molecule has 5 heteroatoms. The number of thioether (sulfide) groups is 1. The molecule has 0 saturated carbocycles. The highest BCUT2D eigenvalue weighted by molar-refractivity contribution is 8.04. The van der Waals surface area contributed by atoms with Crippen LogP contribution in [0.2, 0.25) is 0 Å². The van der Waals surface area contributed by atoms with Gasteiger partial charge in [-0.25, -0.2) is 0 Å². The van der Waals surface area contributed by atoms with E-state index in [9.17, 15) is 9.59 Å². The fourth-order valence-electron chi connectivity index (χ4n) is 2.33. The molecular weight excluding hydrogens is 320 g/mol. The molecule has 0 bridgehead atoms. The zero-order valence-electron chi connectivity index (χ0n) is 13.8. The Bertz CT molecular complexity index is 754. The van der Waals surface area contributed by atoms with E-state index in [0.29, 0.717) is 10.6 Å². The molecule has 0 aromatic heterocycles. The van der Waals surface area contributed by atoms with E-state index in [1.165, 1.54) is 18.8 Å². The number of nitrogens with zero attached hydrogens (tertiary/aromatic N) is 1. The highest BCUT2D eigenvalue weighted by atomic mass is 32.2. The summed E-state index contributed by atoms with van der Waals surface area (Å²) in [7, 11) is 1.50. The summed E-state index contributed by atoms with van der Waals surface area (Å²) in [5.41, 5.74) is 3.40. The molecule has 4 nitrogen and oxygen atoms in total. The predicted octanol–water partition coefficient (Wildman–Crippen LogP) is 3.72. The van der Waals surface area contributed by atoms with E-state index in [2.05, 4.69) is 5.32 Å². The van der Waals surface area contributed by atoms with Crippen LogP contribution in [0, 0.1) is 13.8 Å². The third kappa shape index (κ3) is 3.21. The Morgan fingerprint density at radius 1 is 0.833 bits per heavy atom. The number of benzene rings is 2. The van der Waals surface area contributed by atoms with Gasteiger partial charge in [0.05, 0.1) is 0 Å². The molecule has 1 aliphatic heterocycles. The third-order valence-corrected chi connectivity index (χ3v) is 4.90. The second-order valence-corrected chi connectivity index (χ2v) is 6.86. The van der Waals surface area contributed by atoms with Crippen LogP contribution in [0.5, 0.6) is 0 Å². The first-order valence-electron chi connectivity index (χ1n) is 7.60. The van der Waals surface area contributed by atoms with Gasteiger partial charge >= 0.3 is 0 Å². The highest BCUT2D eigenvalue weighted by Gasteiger charge is 2.36. The number of anilines is 1. The number of rotatable bonds is 4. The lowest BCUT2D eigenvalue weighted by Gasteiger charge is -2.09. The molecule has 122 valence electrons. The molecule has 2 aromatic carbocycles. The van der Waals surface area contributed by atoms with Crippen LogP contribution < -0.4 is 5.32 Å². The quantitative estimate of drug-likeness (QED) is 0.863. The van der Waals surface area contributed by atoms with Gasteiger partial charge in [0.2, 0.25) is 0 Å². The zero-order chi connectivity index (χ0) is 17.3. The van der Waals surface area contributed by atoms with Crippen molar-refractivity contribution in [3.63, 3.8) is 0 Å². The van der Waals surface area contributed by atoms with Crippen LogP contribution in [0.1, 0.15) is 11.1 Å². The minimum Gasteiger partial charge on any atom is -0.350 e. The Morgan fingerprint density at radius 2 is 1.38 bits per heavy atom. The molecule has 3 rings (SSSR count). The zero-order valence-corrected chi connectivity index (χ0v) is 14.6. The molecule has 0 atom stereocenters. The van der Waals surface area contributed by atoms with E-state index in [0.717, 1.165) is 26.6 Å². The monoisotopic (exact) mass is 338 g/mol. The van der Waals surface area contributed by atoms with E-state index in [4.69, 9.17) is 0 Å². The van der Waals surface area contributed by atoms with Gasteiger partial charge in [-0.2, -0.15) is 0 Å². The molecule has 2 amide bonds. The van der Waals surface area contributed by atoms with Crippen LogP contribution in [0.3, 0.4) is 0 Å². The standard InChI is InChI=1S/C19H18N2O2S/c1-12-4-8-14(9-5-12)20-16-17(19(23)21(3)18(16)22)24-15-10-6-13(2)7-11-15/h4-11,20H,1-3H3. The number of hydrogen-bond donors (Lipinski definition) is 1. The summed E-state index contributed by atoms with van der Waals surface area (Å²) in [6.45, 7) is 4.01. The number of amides is 2. The van der Waals surface area contributed by atoms with Gasteiger partial charge in [-0.15, -0.1) is 0 Å². The summed E-state index contributed by atoms with van der Waals surface area (Å²) in [5, 5.41) is 3.11. The lowest BCUT2D eigenvalue weighted by Crippen LogP contribution is -2.27. The number of imide groups is 1. The Balaban J connectivity index is 1.94. The minimum absolute atomic E-state index is 0.278. The number of likely N-dealkylation sites (N-methyl/N-ethyl adjacent to an activating group) is 1. The lowest BCUT2D eigenvalue weighted by molar-refractivity contribution is -0.135. The summed E-state index contributed by atoms with van der Waals surface area (Å²) in [4.78, 5) is 27.3. The fraction of sp³-hybridized carbons (Fsp3) is 0.158. The molecule has 0 aliphatic carbocycles. The Kier molecular flexibility index (Phi) is 4.44. The Hall–Kier alpha value is -2.53. The molecule has 0 saturated heterocycles. The summed E-state index contributed by atoms with van der Waals surface area (Å²) >= 11 is 1.31. The first-order valence-corrected chi connectivity index (χ1v) is 8.42. The largest absolute Gasteiger partial charge is 0.350 e. The van der Waals surface area contributed by atoms with Gasteiger partial charge in [0.15, 0.2) is 0 Å². The molecule has 2 aromatic rings. The van der Waals surface area contributed by atoms with E-state index in [1.54, 1.807) is 0 Å². The van der Waals surface area contributed by atoms with Crippen molar-refractivity contribution in [1.29, 1.82) is 0 Å². The number of nitrogens with one attached hydrogen (secondary N) is 1. The number of aryl methyl sites for hydroxylation is 2. The van der Waals surface area contributed by atoms with Crippen molar-refractivity contribution in [3.8, 4) is 0 Å². The number of carbonyl (C=O) groups excluding carboxylic acids is 2. The van der Waals surface area contributed by atoms with Gasteiger partial charge in [0.1, 0.15) is 10.6 Å². The summed E-state index contributed by atoms with van der Waals surface area (Å²) < 4.78 is 0. The normalized spacial score (nSPS) is 14.5. The summed E-state index contributed by atoms with van der Waals surface area (Å²) in [6.07, 6.45) is 0. The van der Waals surface area contributed by atoms with Gasteiger partial charge in [0.25, 0.3) is 11.8 Å². The molecule has 0 spiro atoms. The average molecular weight is 338 g/mol. The van der Waals surface area contributed by atoms with Crippen molar-refractivity contribution in [2.24, 2.45) is 0 Å². The maximum Gasteiger partial charge on any atom is 0.278 e. The molecule has 0 fully saturated rings. The maximum atomic E-state index is 12.4. The second kappa shape index (κ2) is 6.53. The predicted molar refractivity (Wildman–Crippen MR) is 96.6 cm³/mol. The van der Waals surface area contributed by atoms with Crippen molar-refractivity contribution in [3.05, 3.63) is 70.3 Å². The van der Waals surface area contributed by atoms with Crippen LogP contribution in [-0.4, -0.2) is 23.8 Å². The van der Waals surface area contributed by atoms with Gasteiger partial charge < -0.3 is 5.32 Å². The number of hydrogen-bond acceptors (Lipinski definition) is 4. The molecule has 24 heavy (non-hydrogen) atoms. The Morgan fingerprint density at radius 3 is 1.96 bits per heavy atom. The van der Waals surface area contributed by atoms with E-state index in [-0.39, 0.29) is 11.8 Å². The first-order chi connectivity index (χ1) is 11.5. The van der Waals surface area contributed by atoms with Crippen LogP contribution in [0.4, 0.5) is 5.69 Å². The summed E-state index contributed by atoms with van der Waals surface area (Å²) in [6, 6.07) is 15.6. The SMILES string of the molecule is Cc1ccc(NC2=C(Sc3ccc(C)cc3)C(=O)N(C)C2=O)cc1.